The molecule has 1 N–H and O–H groups in total. The number of rotatable bonds is 3. The average Bonchev–Trinajstić information content (AvgIpc) is 2.67. The van der Waals surface area contributed by atoms with Crippen LogP contribution in [-0.4, -0.2) is 63.5 Å². The van der Waals surface area contributed by atoms with E-state index in [4.69, 9.17) is 9.47 Å². The fourth-order valence-corrected chi connectivity index (χ4v) is 2.20. The molecule has 0 aromatic heterocycles. The zero-order chi connectivity index (χ0) is 9.80. The molecule has 2 atom stereocenters. The van der Waals surface area contributed by atoms with Crippen molar-refractivity contribution in [2.45, 2.75) is 18.6 Å². The largest absolute Gasteiger partial charge is 0.380 e. The van der Waals surface area contributed by atoms with Gasteiger partial charge in [-0.1, -0.05) is 0 Å². The van der Waals surface area contributed by atoms with Gasteiger partial charge in [0, 0.05) is 39.3 Å². The van der Waals surface area contributed by atoms with E-state index >= 15 is 0 Å². The Morgan fingerprint density at radius 3 is 2.86 bits per heavy atom. The molecule has 0 aromatic rings. The molecule has 4 nitrogen and oxygen atoms in total. The van der Waals surface area contributed by atoms with E-state index in [1.807, 2.05) is 0 Å². The molecule has 0 radical (unpaired) electrons. The fourth-order valence-electron chi connectivity index (χ4n) is 2.20. The van der Waals surface area contributed by atoms with Crippen LogP contribution in [0.4, 0.5) is 0 Å². The second kappa shape index (κ2) is 5.07. The highest BCUT2D eigenvalue weighted by Crippen LogP contribution is 2.11. The van der Waals surface area contributed by atoms with Crippen molar-refractivity contribution in [1.82, 2.24) is 10.2 Å². The quantitative estimate of drug-likeness (QED) is 0.678. The number of methoxy groups -OCH3 is 1. The van der Waals surface area contributed by atoms with Gasteiger partial charge in [0.15, 0.2) is 0 Å². The Hall–Kier alpha value is -0.160. The maximum atomic E-state index is 5.32. The predicted octanol–water partition coefficient (Wildman–Crippen LogP) is -0.304. The highest BCUT2D eigenvalue weighted by atomic mass is 16.5. The summed E-state index contributed by atoms with van der Waals surface area (Å²) < 4.78 is 10.6. The molecule has 2 aliphatic rings. The molecule has 2 saturated heterocycles. The van der Waals surface area contributed by atoms with Crippen molar-refractivity contribution >= 4 is 0 Å². The van der Waals surface area contributed by atoms with Crippen LogP contribution < -0.4 is 5.32 Å². The molecule has 2 fully saturated rings. The molecule has 2 unspecified atom stereocenters. The predicted molar refractivity (Wildman–Crippen MR) is 54.5 cm³/mol. The molecule has 4 heteroatoms. The number of hydrogen-bond donors (Lipinski definition) is 1. The molecule has 0 saturated carbocycles. The molecular formula is C10H20N2O2. The van der Waals surface area contributed by atoms with Gasteiger partial charge in [0.25, 0.3) is 0 Å². The van der Waals surface area contributed by atoms with Gasteiger partial charge in [-0.3, -0.25) is 4.90 Å². The Kier molecular flexibility index (Phi) is 3.75. The smallest absolute Gasteiger partial charge is 0.0711 e. The molecule has 82 valence electrons. The van der Waals surface area contributed by atoms with Crippen LogP contribution in [0.25, 0.3) is 0 Å². The van der Waals surface area contributed by atoms with Crippen LogP contribution in [0.2, 0.25) is 0 Å². The highest BCUT2D eigenvalue weighted by molar-refractivity contribution is 4.84. The number of nitrogens with zero attached hydrogens (tertiary/aromatic N) is 1. The molecule has 0 aliphatic carbocycles. The zero-order valence-corrected chi connectivity index (χ0v) is 8.87. The molecule has 2 rings (SSSR count). The van der Waals surface area contributed by atoms with Crippen LogP contribution in [-0.2, 0) is 9.47 Å². The Labute approximate surface area is 85.5 Å². The summed E-state index contributed by atoms with van der Waals surface area (Å²) in [6.45, 7) is 6.08. The number of morpholine rings is 1. The first-order valence-corrected chi connectivity index (χ1v) is 5.45. The SMILES string of the molecule is COC1CNC(CN2CCOCC2)C1. The lowest BCUT2D eigenvalue weighted by atomic mass is 10.2. The van der Waals surface area contributed by atoms with Gasteiger partial charge in [-0.15, -0.1) is 0 Å². The lowest BCUT2D eigenvalue weighted by molar-refractivity contribution is 0.0334. The maximum Gasteiger partial charge on any atom is 0.0711 e. The van der Waals surface area contributed by atoms with Crippen LogP contribution in [0.3, 0.4) is 0 Å². The van der Waals surface area contributed by atoms with E-state index < -0.39 is 0 Å². The van der Waals surface area contributed by atoms with E-state index in [1.54, 1.807) is 7.11 Å². The van der Waals surface area contributed by atoms with E-state index in [0.717, 1.165) is 45.8 Å². The van der Waals surface area contributed by atoms with Gasteiger partial charge in [-0.05, 0) is 6.42 Å². The van der Waals surface area contributed by atoms with Crippen LogP contribution in [0.5, 0.6) is 0 Å². The van der Waals surface area contributed by atoms with Crippen molar-refractivity contribution in [2.24, 2.45) is 0 Å². The molecule has 14 heavy (non-hydrogen) atoms. The Morgan fingerprint density at radius 2 is 2.21 bits per heavy atom. The summed E-state index contributed by atoms with van der Waals surface area (Å²) in [6.07, 6.45) is 1.56. The van der Waals surface area contributed by atoms with Crippen molar-refractivity contribution in [1.29, 1.82) is 0 Å². The summed E-state index contributed by atoms with van der Waals surface area (Å²) in [7, 11) is 1.80. The van der Waals surface area contributed by atoms with Crippen LogP contribution >= 0.6 is 0 Å². The summed E-state index contributed by atoms with van der Waals surface area (Å²) in [5.41, 5.74) is 0. The van der Waals surface area contributed by atoms with Gasteiger partial charge in [0.05, 0.1) is 19.3 Å². The lowest BCUT2D eigenvalue weighted by Gasteiger charge is -2.28. The molecule has 2 aliphatic heterocycles. The monoisotopic (exact) mass is 200 g/mol. The van der Waals surface area contributed by atoms with E-state index in [1.165, 1.54) is 0 Å². The van der Waals surface area contributed by atoms with E-state index in [2.05, 4.69) is 10.2 Å². The van der Waals surface area contributed by atoms with E-state index in [9.17, 15) is 0 Å². The van der Waals surface area contributed by atoms with Crippen molar-refractivity contribution in [3.05, 3.63) is 0 Å². The van der Waals surface area contributed by atoms with Gasteiger partial charge < -0.3 is 14.8 Å². The number of hydrogen-bond acceptors (Lipinski definition) is 4. The van der Waals surface area contributed by atoms with Crippen molar-refractivity contribution in [3.63, 3.8) is 0 Å². The minimum absolute atomic E-state index is 0.418. The summed E-state index contributed by atoms with van der Waals surface area (Å²) >= 11 is 0. The van der Waals surface area contributed by atoms with E-state index in [0.29, 0.717) is 12.1 Å². The summed E-state index contributed by atoms with van der Waals surface area (Å²) in [5.74, 6) is 0. The van der Waals surface area contributed by atoms with Crippen molar-refractivity contribution < 1.29 is 9.47 Å². The Morgan fingerprint density at radius 1 is 1.43 bits per heavy atom. The molecule has 0 spiro atoms. The lowest BCUT2D eigenvalue weighted by Crippen LogP contribution is -2.43. The normalized spacial score (nSPS) is 34.9. The summed E-state index contributed by atoms with van der Waals surface area (Å²) in [4.78, 5) is 2.47. The third-order valence-corrected chi connectivity index (χ3v) is 3.10. The summed E-state index contributed by atoms with van der Waals surface area (Å²) in [5, 5.41) is 3.50. The van der Waals surface area contributed by atoms with Crippen LogP contribution in [0.15, 0.2) is 0 Å². The Bertz CT molecular complexity index is 172. The molecular weight excluding hydrogens is 180 g/mol. The van der Waals surface area contributed by atoms with E-state index in [-0.39, 0.29) is 0 Å². The third kappa shape index (κ3) is 2.67. The first-order chi connectivity index (χ1) is 6.88. The van der Waals surface area contributed by atoms with Gasteiger partial charge in [0.2, 0.25) is 0 Å². The second-order valence-electron chi connectivity index (χ2n) is 4.11. The van der Waals surface area contributed by atoms with Gasteiger partial charge in [-0.25, -0.2) is 0 Å². The standard InChI is InChI=1S/C10H20N2O2/c1-13-10-6-9(11-7-10)8-12-2-4-14-5-3-12/h9-11H,2-8H2,1H3. The number of ether oxygens (including phenoxy) is 2. The molecule has 0 aromatic carbocycles. The van der Waals surface area contributed by atoms with Crippen LogP contribution in [0, 0.1) is 0 Å². The van der Waals surface area contributed by atoms with Crippen LogP contribution in [0.1, 0.15) is 6.42 Å². The third-order valence-electron chi connectivity index (χ3n) is 3.10. The van der Waals surface area contributed by atoms with Gasteiger partial charge in [0.1, 0.15) is 0 Å². The topological polar surface area (TPSA) is 33.7 Å². The zero-order valence-electron chi connectivity index (χ0n) is 8.87. The van der Waals surface area contributed by atoms with Gasteiger partial charge in [-0.2, -0.15) is 0 Å². The fraction of sp³-hybridized carbons (Fsp3) is 1.00. The van der Waals surface area contributed by atoms with Crippen molar-refractivity contribution in [2.75, 3.05) is 46.5 Å². The molecule has 2 heterocycles. The van der Waals surface area contributed by atoms with Crippen molar-refractivity contribution in [3.8, 4) is 0 Å². The average molecular weight is 200 g/mol. The number of nitrogens with one attached hydrogen (secondary N) is 1. The first kappa shape index (κ1) is 10.4. The molecule has 0 amide bonds. The highest BCUT2D eigenvalue weighted by Gasteiger charge is 2.25. The first-order valence-electron chi connectivity index (χ1n) is 5.45. The van der Waals surface area contributed by atoms with Gasteiger partial charge >= 0.3 is 0 Å². The summed E-state index contributed by atoms with van der Waals surface area (Å²) in [6, 6.07) is 0.609. The minimum atomic E-state index is 0.418. The molecule has 0 bridgehead atoms. The maximum absolute atomic E-state index is 5.32. The Balaban J connectivity index is 1.69. The second-order valence-corrected chi connectivity index (χ2v) is 4.11. The minimum Gasteiger partial charge on any atom is -0.380 e.